The summed E-state index contributed by atoms with van der Waals surface area (Å²) >= 11 is 5.81. The number of nitrogens with one attached hydrogen (secondary N) is 1. The molecule has 1 atom stereocenters. The van der Waals surface area contributed by atoms with Gasteiger partial charge in [-0.05, 0) is 25.5 Å². The minimum Gasteiger partial charge on any atom is -0.342 e. The van der Waals surface area contributed by atoms with Crippen LogP contribution < -0.4 is 10.2 Å². The molecule has 1 fully saturated rings. The van der Waals surface area contributed by atoms with Crippen molar-refractivity contribution < 1.29 is 0 Å². The van der Waals surface area contributed by atoms with Crippen LogP contribution in [0, 0.1) is 0 Å². The smallest absolute Gasteiger partial charge is 0.226 e. The molecule has 0 aliphatic carbocycles. The van der Waals surface area contributed by atoms with Gasteiger partial charge in [0.15, 0.2) is 0 Å². The predicted molar refractivity (Wildman–Crippen MR) is 61.3 cm³/mol. The molecule has 0 unspecified atom stereocenters. The number of anilines is 1. The molecule has 0 spiro atoms. The van der Waals surface area contributed by atoms with Gasteiger partial charge in [-0.3, -0.25) is 0 Å². The molecule has 1 saturated heterocycles. The van der Waals surface area contributed by atoms with E-state index >= 15 is 0 Å². The van der Waals surface area contributed by atoms with E-state index in [9.17, 15) is 0 Å². The first kappa shape index (κ1) is 10.6. The monoisotopic (exact) mass is 226 g/mol. The van der Waals surface area contributed by atoms with Crippen molar-refractivity contribution >= 4 is 17.5 Å². The molecule has 5 heteroatoms. The Morgan fingerprint density at radius 1 is 1.67 bits per heavy atom. The largest absolute Gasteiger partial charge is 0.342 e. The van der Waals surface area contributed by atoms with Crippen LogP contribution in [-0.2, 0) is 0 Å². The third-order valence-corrected chi connectivity index (χ3v) is 2.82. The van der Waals surface area contributed by atoms with E-state index in [-0.39, 0.29) is 0 Å². The molecule has 15 heavy (non-hydrogen) atoms. The molecule has 82 valence electrons. The minimum atomic E-state index is 0.492. The fourth-order valence-electron chi connectivity index (χ4n) is 1.84. The summed E-state index contributed by atoms with van der Waals surface area (Å²) in [6.45, 7) is 2.05. The summed E-state index contributed by atoms with van der Waals surface area (Å²) in [5.41, 5.74) is 0. The van der Waals surface area contributed by atoms with E-state index < -0.39 is 0 Å². The van der Waals surface area contributed by atoms with Crippen LogP contribution in [0.5, 0.6) is 0 Å². The summed E-state index contributed by atoms with van der Waals surface area (Å²) in [7, 11) is 1.99. The van der Waals surface area contributed by atoms with Gasteiger partial charge in [-0.2, -0.15) is 0 Å². The highest BCUT2D eigenvalue weighted by Gasteiger charge is 2.17. The van der Waals surface area contributed by atoms with Crippen LogP contribution in [0.25, 0.3) is 0 Å². The number of halogens is 1. The highest BCUT2D eigenvalue weighted by molar-refractivity contribution is 6.29. The highest BCUT2D eigenvalue weighted by Crippen LogP contribution is 2.12. The second kappa shape index (κ2) is 4.77. The lowest BCUT2D eigenvalue weighted by Crippen LogP contribution is -2.36. The van der Waals surface area contributed by atoms with E-state index in [4.69, 9.17) is 11.6 Å². The molecule has 0 radical (unpaired) electrons. The first-order valence-electron chi connectivity index (χ1n) is 5.19. The Bertz CT molecular complexity index is 325. The van der Waals surface area contributed by atoms with Crippen molar-refractivity contribution in [3.05, 3.63) is 17.4 Å². The Hall–Kier alpha value is -0.870. The Labute approximate surface area is 94.7 Å². The maximum atomic E-state index is 5.81. The predicted octanol–water partition coefficient (Wildman–Crippen LogP) is 1.32. The fourth-order valence-corrected chi connectivity index (χ4v) is 1.97. The molecular weight excluding hydrogens is 212 g/mol. The van der Waals surface area contributed by atoms with Crippen molar-refractivity contribution in [1.82, 2.24) is 15.3 Å². The second-order valence-corrected chi connectivity index (χ2v) is 4.24. The number of aromatic nitrogens is 2. The van der Waals surface area contributed by atoms with Gasteiger partial charge in [-0.1, -0.05) is 11.6 Å². The number of rotatable bonds is 3. The zero-order valence-electron chi connectivity index (χ0n) is 8.78. The molecule has 4 nitrogen and oxygen atoms in total. The fraction of sp³-hybridized carbons (Fsp3) is 0.600. The lowest BCUT2D eigenvalue weighted by molar-refractivity contribution is 0.594. The summed E-state index contributed by atoms with van der Waals surface area (Å²) in [5, 5.41) is 3.93. The van der Waals surface area contributed by atoms with Gasteiger partial charge in [0.25, 0.3) is 0 Å². The van der Waals surface area contributed by atoms with Gasteiger partial charge >= 0.3 is 0 Å². The van der Waals surface area contributed by atoms with Gasteiger partial charge in [0.2, 0.25) is 5.95 Å². The number of hydrogen-bond acceptors (Lipinski definition) is 4. The molecule has 0 aromatic carbocycles. The van der Waals surface area contributed by atoms with E-state index in [2.05, 4.69) is 15.3 Å². The maximum Gasteiger partial charge on any atom is 0.226 e. The molecule has 2 rings (SSSR count). The van der Waals surface area contributed by atoms with Crippen molar-refractivity contribution in [2.75, 3.05) is 25.0 Å². The second-order valence-electron chi connectivity index (χ2n) is 3.85. The lowest BCUT2D eigenvalue weighted by atomic mass is 10.2. The average molecular weight is 227 g/mol. The molecule has 1 N–H and O–H groups in total. The average Bonchev–Trinajstić information content (AvgIpc) is 2.70. The van der Waals surface area contributed by atoms with E-state index in [1.807, 2.05) is 11.9 Å². The summed E-state index contributed by atoms with van der Waals surface area (Å²) in [6.07, 6.45) is 4.17. The van der Waals surface area contributed by atoms with Crippen LogP contribution in [0.15, 0.2) is 12.3 Å². The molecular formula is C10H15ClN4. The summed E-state index contributed by atoms with van der Waals surface area (Å²) in [5.74, 6) is 0.691. The summed E-state index contributed by atoms with van der Waals surface area (Å²) in [4.78, 5) is 10.4. The van der Waals surface area contributed by atoms with Crippen LogP contribution in [0.3, 0.4) is 0 Å². The zero-order chi connectivity index (χ0) is 10.7. The van der Waals surface area contributed by atoms with Crippen molar-refractivity contribution in [2.45, 2.75) is 18.9 Å². The van der Waals surface area contributed by atoms with Crippen LogP contribution in [0.4, 0.5) is 5.95 Å². The van der Waals surface area contributed by atoms with Crippen LogP contribution in [0.2, 0.25) is 5.15 Å². The zero-order valence-corrected chi connectivity index (χ0v) is 9.54. The van der Waals surface area contributed by atoms with Crippen LogP contribution in [0.1, 0.15) is 12.8 Å². The topological polar surface area (TPSA) is 41.0 Å². The molecule has 1 aliphatic rings. The SMILES string of the molecule is CN(C[C@H]1CCCN1)c1nccc(Cl)n1. The van der Waals surface area contributed by atoms with E-state index in [1.165, 1.54) is 12.8 Å². The molecule has 2 heterocycles. The molecule has 1 aromatic rings. The Balaban J connectivity index is 1.97. The molecule has 0 saturated carbocycles. The molecule has 0 bridgehead atoms. The Morgan fingerprint density at radius 3 is 3.20 bits per heavy atom. The van der Waals surface area contributed by atoms with E-state index in [1.54, 1.807) is 12.3 Å². The van der Waals surface area contributed by atoms with E-state index in [0.29, 0.717) is 17.1 Å². The Kier molecular flexibility index (Phi) is 3.38. The van der Waals surface area contributed by atoms with Gasteiger partial charge in [0, 0.05) is 25.8 Å². The normalized spacial score (nSPS) is 20.5. The van der Waals surface area contributed by atoms with Gasteiger partial charge in [0.05, 0.1) is 0 Å². The van der Waals surface area contributed by atoms with Crippen molar-refractivity contribution in [3.8, 4) is 0 Å². The third kappa shape index (κ3) is 2.79. The van der Waals surface area contributed by atoms with Crippen molar-refractivity contribution in [1.29, 1.82) is 0 Å². The standard InChI is InChI=1S/C10H15ClN4/c1-15(7-8-3-2-5-12-8)10-13-6-4-9(11)14-10/h4,6,8,12H,2-3,5,7H2,1H3/t8-/m1/s1. The van der Waals surface area contributed by atoms with Crippen molar-refractivity contribution in [2.24, 2.45) is 0 Å². The molecule has 0 amide bonds. The van der Waals surface area contributed by atoms with Gasteiger partial charge in [-0.15, -0.1) is 0 Å². The minimum absolute atomic E-state index is 0.492. The van der Waals surface area contributed by atoms with Gasteiger partial charge in [-0.25, -0.2) is 9.97 Å². The quantitative estimate of drug-likeness (QED) is 0.790. The van der Waals surface area contributed by atoms with Crippen molar-refractivity contribution in [3.63, 3.8) is 0 Å². The first-order valence-corrected chi connectivity index (χ1v) is 5.56. The number of likely N-dealkylation sites (N-methyl/N-ethyl adjacent to an activating group) is 1. The van der Waals surface area contributed by atoms with Crippen LogP contribution >= 0.6 is 11.6 Å². The first-order chi connectivity index (χ1) is 7.25. The summed E-state index contributed by atoms with van der Waals surface area (Å²) < 4.78 is 0. The van der Waals surface area contributed by atoms with E-state index in [0.717, 1.165) is 13.1 Å². The number of hydrogen-bond donors (Lipinski definition) is 1. The van der Waals surface area contributed by atoms with Gasteiger partial charge < -0.3 is 10.2 Å². The highest BCUT2D eigenvalue weighted by atomic mass is 35.5. The Morgan fingerprint density at radius 2 is 2.53 bits per heavy atom. The molecule has 1 aromatic heterocycles. The number of nitrogens with zero attached hydrogens (tertiary/aromatic N) is 3. The van der Waals surface area contributed by atoms with Crippen LogP contribution in [-0.4, -0.2) is 36.1 Å². The summed E-state index contributed by atoms with van der Waals surface area (Å²) in [6, 6.07) is 2.24. The molecule has 1 aliphatic heterocycles. The lowest BCUT2D eigenvalue weighted by Gasteiger charge is -2.21. The third-order valence-electron chi connectivity index (χ3n) is 2.61. The van der Waals surface area contributed by atoms with Gasteiger partial charge in [0.1, 0.15) is 5.15 Å². The maximum absolute atomic E-state index is 5.81.